The van der Waals surface area contributed by atoms with Crippen LogP contribution in [0.25, 0.3) is 0 Å². The normalized spacial score (nSPS) is 11.9. The smallest absolute Gasteiger partial charge is 0.294 e. The van der Waals surface area contributed by atoms with Gasteiger partial charge in [0.05, 0.1) is 10.6 Å². The zero-order valence-electron chi connectivity index (χ0n) is 8.73. The third kappa shape index (κ3) is 2.76. The van der Waals surface area contributed by atoms with Gasteiger partial charge in [0.1, 0.15) is 0 Å². The molecule has 0 saturated heterocycles. The Morgan fingerprint density at radius 1 is 1.31 bits per heavy atom. The summed E-state index contributed by atoms with van der Waals surface area (Å²) < 4.78 is 37.1. The Labute approximate surface area is 96.2 Å². The average molecular weight is 251 g/mol. The first kappa shape index (κ1) is 13.0. The highest BCUT2D eigenvalue weighted by Crippen LogP contribution is 2.35. The van der Waals surface area contributed by atoms with Crippen LogP contribution in [-0.2, 0) is 6.18 Å². The van der Waals surface area contributed by atoms with Gasteiger partial charge < -0.3 is 0 Å². The first-order chi connectivity index (χ1) is 7.23. The molecule has 0 fully saturated rings. The van der Waals surface area contributed by atoms with Crippen LogP contribution in [0.15, 0.2) is 18.2 Å². The molecule has 1 rings (SSSR count). The van der Waals surface area contributed by atoms with Gasteiger partial charge in [-0.15, -0.1) is 0 Å². The molecule has 0 aliphatic heterocycles. The van der Waals surface area contributed by atoms with Crippen molar-refractivity contribution in [2.45, 2.75) is 20.0 Å². The van der Waals surface area contributed by atoms with Gasteiger partial charge in [-0.3, -0.25) is 4.79 Å². The van der Waals surface area contributed by atoms with Crippen LogP contribution in [0.2, 0.25) is 5.02 Å². The molecule has 0 saturated carbocycles. The van der Waals surface area contributed by atoms with E-state index in [1.807, 2.05) is 0 Å². The minimum absolute atomic E-state index is 0.202. The summed E-state index contributed by atoms with van der Waals surface area (Å²) in [5.74, 6) is -0.497. The topological polar surface area (TPSA) is 17.1 Å². The molecule has 1 nitrogen and oxygen atoms in total. The first-order valence-electron chi connectivity index (χ1n) is 4.64. The molecule has 1 aromatic carbocycles. The SMILES string of the molecule is CC(C)C(=O)c1ccc(C(F)(F)F)c(Cl)c1. The molecule has 0 aliphatic rings. The summed E-state index contributed by atoms with van der Waals surface area (Å²) in [5.41, 5.74) is -0.720. The number of hydrogen-bond donors (Lipinski definition) is 0. The lowest BCUT2D eigenvalue weighted by molar-refractivity contribution is -0.137. The van der Waals surface area contributed by atoms with E-state index in [0.29, 0.717) is 0 Å². The summed E-state index contributed by atoms with van der Waals surface area (Å²) in [6, 6.07) is 3.04. The molecule has 0 aromatic heterocycles. The van der Waals surface area contributed by atoms with E-state index >= 15 is 0 Å². The van der Waals surface area contributed by atoms with Crippen LogP contribution in [0, 0.1) is 5.92 Å². The van der Waals surface area contributed by atoms with E-state index in [1.54, 1.807) is 13.8 Å². The van der Waals surface area contributed by atoms with Crippen molar-refractivity contribution >= 4 is 17.4 Å². The molecule has 88 valence electrons. The molecule has 0 heterocycles. The maximum Gasteiger partial charge on any atom is 0.417 e. The van der Waals surface area contributed by atoms with Crippen molar-refractivity contribution in [1.29, 1.82) is 0 Å². The van der Waals surface area contributed by atoms with E-state index in [4.69, 9.17) is 11.6 Å². The highest BCUT2D eigenvalue weighted by molar-refractivity contribution is 6.31. The lowest BCUT2D eigenvalue weighted by atomic mass is 10.00. The fraction of sp³-hybridized carbons (Fsp3) is 0.364. The van der Waals surface area contributed by atoms with Gasteiger partial charge in [0.15, 0.2) is 5.78 Å². The zero-order valence-corrected chi connectivity index (χ0v) is 9.49. The molecule has 0 atom stereocenters. The van der Waals surface area contributed by atoms with Crippen LogP contribution in [-0.4, -0.2) is 5.78 Å². The van der Waals surface area contributed by atoms with Crippen LogP contribution >= 0.6 is 11.6 Å². The number of carbonyl (C=O) groups is 1. The van der Waals surface area contributed by atoms with Gasteiger partial charge >= 0.3 is 6.18 Å². The van der Waals surface area contributed by atoms with Gasteiger partial charge in [0.25, 0.3) is 0 Å². The van der Waals surface area contributed by atoms with Gasteiger partial charge in [0.2, 0.25) is 0 Å². The van der Waals surface area contributed by atoms with Crippen molar-refractivity contribution in [3.8, 4) is 0 Å². The molecule has 0 bridgehead atoms. The number of benzene rings is 1. The molecule has 0 amide bonds. The number of carbonyl (C=O) groups excluding carboxylic acids is 1. The van der Waals surface area contributed by atoms with Gasteiger partial charge in [0, 0.05) is 11.5 Å². The highest BCUT2D eigenvalue weighted by atomic mass is 35.5. The number of rotatable bonds is 2. The monoisotopic (exact) mass is 250 g/mol. The predicted octanol–water partition coefficient (Wildman–Crippen LogP) is 4.20. The molecule has 1 aromatic rings. The van der Waals surface area contributed by atoms with E-state index < -0.39 is 16.8 Å². The Morgan fingerprint density at radius 2 is 1.88 bits per heavy atom. The molecular formula is C11H10ClF3O. The lowest BCUT2D eigenvalue weighted by Crippen LogP contribution is -2.10. The molecular weight excluding hydrogens is 241 g/mol. The fourth-order valence-electron chi connectivity index (χ4n) is 1.23. The van der Waals surface area contributed by atoms with Gasteiger partial charge in [-0.1, -0.05) is 31.5 Å². The van der Waals surface area contributed by atoms with Crippen molar-refractivity contribution in [3.63, 3.8) is 0 Å². The van der Waals surface area contributed by atoms with Crippen molar-refractivity contribution < 1.29 is 18.0 Å². The quantitative estimate of drug-likeness (QED) is 0.719. The summed E-state index contributed by atoms with van der Waals surface area (Å²) in [7, 11) is 0. The molecule has 0 radical (unpaired) electrons. The van der Waals surface area contributed by atoms with E-state index in [9.17, 15) is 18.0 Å². The standard InChI is InChI=1S/C11H10ClF3O/c1-6(2)10(16)7-3-4-8(9(12)5-7)11(13,14)15/h3-6H,1-2H3. The minimum Gasteiger partial charge on any atom is -0.294 e. The number of halogens is 4. The molecule has 0 aliphatic carbocycles. The predicted molar refractivity (Wildman–Crippen MR) is 55.6 cm³/mol. The molecule has 5 heteroatoms. The van der Waals surface area contributed by atoms with Gasteiger partial charge in [-0.2, -0.15) is 13.2 Å². The number of Topliss-reactive ketones (excluding diaryl/α,β-unsaturated/α-hetero) is 1. The van der Waals surface area contributed by atoms with Crippen molar-refractivity contribution in [3.05, 3.63) is 34.3 Å². The van der Waals surface area contributed by atoms with Crippen molar-refractivity contribution in [1.82, 2.24) is 0 Å². The Hall–Kier alpha value is -1.03. The van der Waals surface area contributed by atoms with Gasteiger partial charge in [-0.05, 0) is 12.1 Å². The van der Waals surface area contributed by atoms with E-state index in [1.165, 1.54) is 0 Å². The first-order valence-corrected chi connectivity index (χ1v) is 5.02. The Bertz CT molecular complexity index is 410. The second-order valence-corrected chi connectivity index (χ2v) is 4.12. The van der Waals surface area contributed by atoms with Crippen LogP contribution in [0.3, 0.4) is 0 Å². The third-order valence-electron chi connectivity index (χ3n) is 2.08. The summed E-state index contributed by atoms with van der Waals surface area (Å²) in [6.45, 7) is 3.35. The van der Waals surface area contributed by atoms with Crippen LogP contribution in [0.5, 0.6) is 0 Å². The van der Waals surface area contributed by atoms with Gasteiger partial charge in [-0.25, -0.2) is 0 Å². The maximum absolute atomic E-state index is 12.4. The third-order valence-corrected chi connectivity index (χ3v) is 2.40. The number of ketones is 1. The summed E-state index contributed by atoms with van der Waals surface area (Å²) in [6.07, 6.45) is -4.49. The second-order valence-electron chi connectivity index (χ2n) is 3.71. The molecule has 16 heavy (non-hydrogen) atoms. The second kappa shape index (κ2) is 4.45. The summed E-state index contributed by atoms with van der Waals surface area (Å²) >= 11 is 5.49. The number of hydrogen-bond acceptors (Lipinski definition) is 1. The average Bonchev–Trinajstić information content (AvgIpc) is 2.14. The van der Waals surface area contributed by atoms with Crippen LogP contribution < -0.4 is 0 Å². The Kier molecular flexibility index (Phi) is 3.63. The minimum atomic E-state index is -4.49. The van der Waals surface area contributed by atoms with E-state index in [2.05, 4.69) is 0 Å². The Balaban J connectivity index is 3.15. The van der Waals surface area contributed by atoms with Crippen molar-refractivity contribution in [2.24, 2.45) is 5.92 Å². The van der Waals surface area contributed by atoms with Crippen molar-refractivity contribution in [2.75, 3.05) is 0 Å². The highest BCUT2D eigenvalue weighted by Gasteiger charge is 2.33. The lowest BCUT2D eigenvalue weighted by Gasteiger charge is -2.10. The number of alkyl halides is 3. The zero-order chi connectivity index (χ0) is 12.5. The molecule has 0 unspecified atom stereocenters. The fourth-order valence-corrected chi connectivity index (χ4v) is 1.52. The van der Waals surface area contributed by atoms with E-state index in [-0.39, 0.29) is 17.3 Å². The summed E-state index contributed by atoms with van der Waals surface area (Å²) in [5, 5.41) is -0.445. The largest absolute Gasteiger partial charge is 0.417 e. The summed E-state index contributed by atoms with van der Waals surface area (Å²) in [4.78, 5) is 11.5. The van der Waals surface area contributed by atoms with Crippen LogP contribution in [0.1, 0.15) is 29.8 Å². The van der Waals surface area contributed by atoms with Crippen LogP contribution in [0.4, 0.5) is 13.2 Å². The Morgan fingerprint density at radius 3 is 2.25 bits per heavy atom. The maximum atomic E-state index is 12.4. The molecule has 0 N–H and O–H groups in total. The van der Waals surface area contributed by atoms with E-state index in [0.717, 1.165) is 18.2 Å². The molecule has 0 spiro atoms.